The second kappa shape index (κ2) is 4.53. The highest BCUT2D eigenvalue weighted by atomic mass is 19.2. The fourth-order valence-electron chi connectivity index (χ4n) is 1.87. The van der Waals surface area contributed by atoms with Crippen LogP contribution in [0.1, 0.15) is 6.42 Å². The maximum Gasteiger partial charge on any atom is 0.228 e. The lowest BCUT2D eigenvalue weighted by molar-refractivity contribution is -0.117. The Morgan fingerprint density at radius 1 is 1.00 bits per heavy atom. The Morgan fingerprint density at radius 3 is 1.89 bits per heavy atom. The van der Waals surface area contributed by atoms with E-state index in [9.17, 15) is 26.7 Å². The molecule has 100 valence electrons. The van der Waals surface area contributed by atoms with Gasteiger partial charge in [0.25, 0.3) is 0 Å². The molecule has 0 spiro atoms. The summed E-state index contributed by atoms with van der Waals surface area (Å²) in [5, 5.41) is 0. The summed E-state index contributed by atoms with van der Waals surface area (Å²) in [5.41, 5.74) is -1.25. The number of anilines is 1. The van der Waals surface area contributed by atoms with E-state index in [1.165, 1.54) is 0 Å². The Hall–Kier alpha value is -2.10. The maximum atomic E-state index is 13.5. The second-order valence-electron chi connectivity index (χ2n) is 3.99. The van der Waals surface area contributed by atoms with Crippen molar-refractivity contribution < 1.29 is 26.7 Å². The van der Waals surface area contributed by atoms with E-state index >= 15 is 0 Å². The summed E-state index contributed by atoms with van der Waals surface area (Å²) < 4.78 is 65.9. The highest BCUT2D eigenvalue weighted by Gasteiger charge is 2.36. The molecule has 1 heterocycles. The average molecular weight is 275 g/mol. The zero-order valence-electron chi connectivity index (χ0n) is 9.31. The van der Waals surface area contributed by atoms with Crippen molar-refractivity contribution in [1.82, 2.24) is 0 Å². The van der Waals surface area contributed by atoms with E-state index in [0.29, 0.717) is 4.90 Å². The van der Waals surface area contributed by atoms with Crippen LogP contribution < -0.4 is 4.90 Å². The molecule has 0 radical (unpaired) electrons. The van der Waals surface area contributed by atoms with Crippen molar-refractivity contribution in [3.63, 3.8) is 0 Å². The molecule has 2 rings (SSSR count). The Balaban J connectivity index is 2.59. The van der Waals surface area contributed by atoms with Gasteiger partial charge in [0.15, 0.2) is 23.3 Å². The van der Waals surface area contributed by atoms with Crippen LogP contribution in [-0.4, -0.2) is 12.5 Å². The summed E-state index contributed by atoms with van der Waals surface area (Å²) in [4.78, 5) is 12.0. The monoisotopic (exact) mass is 275 g/mol. The quantitative estimate of drug-likeness (QED) is 0.333. The molecular weight excluding hydrogens is 269 g/mol. The van der Waals surface area contributed by atoms with E-state index in [4.69, 9.17) is 6.42 Å². The number of rotatable bonds is 1. The van der Waals surface area contributed by atoms with Crippen molar-refractivity contribution in [2.24, 2.45) is 5.92 Å². The molecule has 1 aliphatic rings. The summed E-state index contributed by atoms with van der Waals surface area (Å²) in [6.07, 6.45) is 4.87. The Labute approximate surface area is 104 Å². The van der Waals surface area contributed by atoms with Gasteiger partial charge in [0.1, 0.15) is 5.69 Å². The second-order valence-corrected chi connectivity index (χ2v) is 3.99. The smallest absolute Gasteiger partial charge is 0.228 e. The van der Waals surface area contributed by atoms with Crippen LogP contribution in [0.4, 0.5) is 27.6 Å². The van der Waals surface area contributed by atoms with Gasteiger partial charge in [-0.1, -0.05) is 0 Å². The molecule has 1 amide bonds. The summed E-state index contributed by atoms with van der Waals surface area (Å²) in [6.45, 7) is -0.284. The van der Waals surface area contributed by atoms with Crippen molar-refractivity contribution >= 4 is 11.6 Å². The van der Waals surface area contributed by atoms with E-state index < -0.39 is 46.6 Å². The highest BCUT2D eigenvalue weighted by Crippen LogP contribution is 2.33. The third-order valence-corrected chi connectivity index (χ3v) is 2.82. The molecule has 0 saturated carbocycles. The largest absolute Gasteiger partial charge is 0.306 e. The minimum atomic E-state index is -2.26. The third-order valence-electron chi connectivity index (χ3n) is 2.82. The molecule has 1 unspecified atom stereocenters. The molecule has 0 bridgehead atoms. The van der Waals surface area contributed by atoms with Crippen LogP contribution in [0.25, 0.3) is 0 Å². The van der Waals surface area contributed by atoms with Gasteiger partial charge in [0.05, 0.1) is 0 Å². The van der Waals surface area contributed by atoms with Gasteiger partial charge >= 0.3 is 0 Å². The molecule has 1 saturated heterocycles. The predicted octanol–water partition coefficient (Wildman–Crippen LogP) is 2.37. The van der Waals surface area contributed by atoms with Crippen molar-refractivity contribution in [2.45, 2.75) is 6.42 Å². The molecule has 1 aromatic rings. The van der Waals surface area contributed by atoms with E-state index in [1.807, 2.05) is 0 Å². The minimum absolute atomic E-state index is 0.198. The molecule has 0 N–H and O–H groups in total. The third kappa shape index (κ3) is 1.93. The zero-order valence-corrected chi connectivity index (χ0v) is 9.31. The topological polar surface area (TPSA) is 20.3 Å². The normalized spacial score (nSPS) is 18.8. The first kappa shape index (κ1) is 13.3. The molecule has 1 aromatic carbocycles. The first-order valence-corrected chi connectivity index (χ1v) is 5.16. The molecule has 2 nitrogen and oxygen atoms in total. The van der Waals surface area contributed by atoms with Crippen LogP contribution in [0, 0.1) is 47.3 Å². The number of amides is 1. The fourth-order valence-corrected chi connectivity index (χ4v) is 1.87. The number of halogens is 5. The molecular formula is C12H6F5NO. The highest BCUT2D eigenvalue weighted by molar-refractivity contribution is 5.96. The number of nitrogens with zero attached hydrogens (tertiary/aromatic N) is 1. The van der Waals surface area contributed by atoms with Gasteiger partial charge in [-0.3, -0.25) is 4.79 Å². The summed E-state index contributed by atoms with van der Waals surface area (Å²) >= 11 is 0. The summed E-state index contributed by atoms with van der Waals surface area (Å²) in [7, 11) is 0. The number of hydrogen-bond acceptors (Lipinski definition) is 1. The molecule has 0 aliphatic carbocycles. The Bertz CT molecular complexity index is 578. The molecule has 1 atom stereocenters. The summed E-state index contributed by atoms with van der Waals surface area (Å²) in [6, 6.07) is 0. The average Bonchev–Trinajstić information content (AvgIpc) is 2.76. The Kier molecular flexibility index (Phi) is 3.18. The lowest BCUT2D eigenvalue weighted by atomic mass is 10.1. The van der Waals surface area contributed by atoms with Gasteiger partial charge < -0.3 is 4.90 Å². The number of carbonyl (C=O) groups is 1. The Morgan fingerprint density at radius 2 is 1.47 bits per heavy atom. The predicted molar refractivity (Wildman–Crippen MR) is 55.5 cm³/mol. The van der Waals surface area contributed by atoms with Gasteiger partial charge in [-0.15, -0.1) is 12.3 Å². The fraction of sp³-hybridized carbons (Fsp3) is 0.250. The van der Waals surface area contributed by atoms with E-state index in [0.717, 1.165) is 0 Å². The van der Waals surface area contributed by atoms with Gasteiger partial charge in [-0.25, -0.2) is 22.0 Å². The standard InChI is InChI=1S/C12H6F5NO/c1-2-5-3-6(19)18(4-5)12-10(16)8(14)7(13)9(15)11(12)17/h1,5H,3-4H2. The van der Waals surface area contributed by atoms with Crippen LogP contribution in [-0.2, 0) is 4.79 Å². The van der Waals surface area contributed by atoms with Crippen molar-refractivity contribution in [1.29, 1.82) is 0 Å². The van der Waals surface area contributed by atoms with Crippen LogP contribution in [0.5, 0.6) is 0 Å². The molecule has 1 aliphatic heterocycles. The van der Waals surface area contributed by atoms with Crippen LogP contribution in [0.2, 0.25) is 0 Å². The van der Waals surface area contributed by atoms with Gasteiger partial charge in [-0.05, 0) is 0 Å². The van der Waals surface area contributed by atoms with Crippen LogP contribution in [0.3, 0.4) is 0 Å². The zero-order chi connectivity index (χ0) is 14.3. The molecule has 1 fully saturated rings. The number of hydrogen-bond donors (Lipinski definition) is 0. The lowest BCUT2D eigenvalue weighted by Gasteiger charge is -2.18. The number of benzene rings is 1. The van der Waals surface area contributed by atoms with Gasteiger partial charge in [0.2, 0.25) is 11.7 Å². The number of carbonyl (C=O) groups excluding carboxylic acids is 1. The van der Waals surface area contributed by atoms with Gasteiger partial charge in [-0.2, -0.15) is 0 Å². The lowest BCUT2D eigenvalue weighted by Crippen LogP contribution is -2.28. The van der Waals surface area contributed by atoms with E-state index in [1.54, 1.807) is 0 Å². The van der Waals surface area contributed by atoms with E-state index in [2.05, 4.69) is 5.92 Å². The SMILES string of the molecule is C#CC1CC(=O)N(c2c(F)c(F)c(F)c(F)c2F)C1. The maximum absolute atomic E-state index is 13.5. The van der Waals surface area contributed by atoms with Crippen LogP contribution in [0.15, 0.2) is 0 Å². The molecule has 19 heavy (non-hydrogen) atoms. The van der Waals surface area contributed by atoms with Crippen molar-refractivity contribution in [2.75, 3.05) is 11.4 Å². The molecule has 0 aromatic heterocycles. The first-order chi connectivity index (χ1) is 8.88. The number of terminal acetylenes is 1. The van der Waals surface area contributed by atoms with Gasteiger partial charge in [0, 0.05) is 18.9 Å². The molecule has 7 heteroatoms. The van der Waals surface area contributed by atoms with Crippen molar-refractivity contribution in [3.8, 4) is 12.3 Å². The first-order valence-electron chi connectivity index (χ1n) is 5.16. The van der Waals surface area contributed by atoms with Crippen molar-refractivity contribution in [3.05, 3.63) is 29.1 Å². The minimum Gasteiger partial charge on any atom is -0.306 e. The summed E-state index contributed by atoms with van der Waals surface area (Å²) in [5.74, 6) is -9.73. The van der Waals surface area contributed by atoms with Crippen LogP contribution >= 0.6 is 0 Å². The van der Waals surface area contributed by atoms with E-state index in [-0.39, 0.29) is 13.0 Å².